The van der Waals surface area contributed by atoms with Crippen LogP contribution < -0.4 is 10.1 Å². The van der Waals surface area contributed by atoms with Gasteiger partial charge in [0.25, 0.3) is 5.91 Å². The lowest BCUT2D eigenvalue weighted by Crippen LogP contribution is -2.11. The molecule has 0 unspecified atom stereocenters. The number of fused-ring (bicyclic) bond motifs is 1. The Balaban J connectivity index is 1.46. The van der Waals surface area contributed by atoms with E-state index in [0.29, 0.717) is 23.6 Å². The summed E-state index contributed by atoms with van der Waals surface area (Å²) in [6.45, 7) is 2.11. The topological polar surface area (TPSA) is 90.4 Å². The number of anilines is 1. The minimum atomic E-state index is -0.472. The van der Waals surface area contributed by atoms with Crippen molar-refractivity contribution in [1.29, 1.82) is 0 Å². The largest absolute Gasteiger partial charge is 0.493 e. The van der Waals surface area contributed by atoms with E-state index in [4.69, 9.17) is 13.6 Å². The van der Waals surface area contributed by atoms with E-state index < -0.39 is 5.91 Å². The summed E-state index contributed by atoms with van der Waals surface area (Å²) in [5.41, 5.74) is 2.84. The van der Waals surface area contributed by atoms with Gasteiger partial charge in [0.05, 0.1) is 13.5 Å². The third-order valence-electron chi connectivity index (χ3n) is 4.43. The first-order valence-electron chi connectivity index (χ1n) is 8.94. The molecule has 4 rings (SSSR count). The first kappa shape index (κ1) is 17.8. The average Bonchev–Trinajstić information content (AvgIpc) is 3.35. The number of aryl methyl sites for hydroxylation is 1. The van der Waals surface area contributed by atoms with Gasteiger partial charge in [-0.1, -0.05) is 48.4 Å². The van der Waals surface area contributed by atoms with Crippen LogP contribution in [0.15, 0.2) is 57.4 Å². The van der Waals surface area contributed by atoms with E-state index >= 15 is 0 Å². The van der Waals surface area contributed by atoms with Crippen molar-refractivity contribution in [3.05, 3.63) is 71.3 Å². The number of benzene rings is 2. The summed E-state index contributed by atoms with van der Waals surface area (Å²) in [6.07, 6.45) is 1.49. The SMILES string of the molecule is CCc1ccc(Cc2nnc(NC(=O)c3cc4cccc(OC)c4o3)o2)cc1. The number of nitrogens with zero attached hydrogens (tertiary/aromatic N) is 2. The number of aromatic nitrogens is 2. The van der Waals surface area contributed by atoms with Crippen molar-refractivity contribution in [3.8, 4) is 5.75 Å². The number of carbonyl (C=O) groups is 1. The van der Waals surface area contributed by atoms with Crippen LogP contribution in [0.5, 0.6) is 5.75 Å². The molecule has 0 saturated heterocycles. The quantitative estimate of drug-likeness (QED) is 0.541. The van der Waals surface area contributed by atoms with Crippen LogP contribution in [0.2, 0.25) is 0 Å². The number of hydrogen-bond acceptors (Lipinski definition) is 6. The molecule has 0 radical (unpaired) electrons. The molecule has 0 bridgehead atoms. The van der Waals surface area contributed by atoms with Gasteiger partial charge in [0.1, 0.15) is 0 Å². The van der Waals surface area contributed by atoms with Gasteiger partial charge in [0, 0.05) is 5.39 Å². The monoisotopic (exact) mass is 377 g/mol. The predicted molar refractivity (Wildman–Crippen MR) is 104 cm³/mol. The fraction of sp³-hybridized carbons (Fsp3) is 0.190. The molecule has 1 N–H and O–H groups in total. The molecule has 0 fully saturated rings. The van der Waals surface area contributed by atoms with Crippen molar-refractivity contribution in [3.63, 3.8) is 0 Å². The van der Waals surface area contributed by atoms with Crippen molar-refractivity contribution < 1.29 is 18.4 Å². The summed E-state index contributed by atoms with van der Waals surface area (Å²) in [4.78, 5) is 12.4. The third-order valence-corrected chi connectivity index (χ3v) is 4.43. The van der Waals surface area contributed by atoms with Crippen LogP contribution in [0.3, 0.4) is 0 Å². The van der Waals surface area contributed by atoms with E-state index in [9.17, 15) is 4.79 Å². The molecule has 142 valence electrons. The molecule has 2 heterocycles. The summed E-state index contributed by atoms with van der Waals surface area (Å²) in [5.74, 6) is 0.645. The molecule has 7 heteroatoms. The van der Waals surface area contributed by atoms with Crippen LogP contribution in [0.25, 0.3) is 11.0 Å². The van der Waals surface area contributed by atoms with Gasteiger partial charge < -0.3 is 13.6 Å². The molecule has 0 aliphatic heterocycles. The van der Waals surface area contributed by atoms with E-state index in [0.717, 1.165) is 17.4 Å². The standard InChI is InChI=1S/C21H19N3O4/c1-3-13-7-9-14(10-8-13)11-18-23-24-21(28-18)22-20(25)17-12-15-5-4-6-16(26-2)19(15)27-17/h4-10,12H,3,11H2,1-2H3,(H,22,24,25). The maximum atomic E-state index is 12.4. The number of carbonyl (C=O) groups excluding carboxylic acids is 1. The highest BCUT2D eigenvalue weighted by Crippen LogP contribution is 2.28. The second-order valence-corrected chi connectivity index (χ2v) is 6.29. The molecular formula is C21H19N3O4. The molecule has 4 aromatic rings. The summed E-state index contributed by atoms with van der Waals surface area (Å²) in [7, 11) is 1.55. The second kappa shape index (κ2) is 7.56. The lowest BCUT2D eigenvalue weighted by Gasteiger charge is -2.00. The van der Waals surface area contributed by atoms with Crippen molar-refractivity contribution in [2.75, 3.05) is 12.4 Å². The van der Waals surface area contributed by atoms with Gasteiger partial charge >= 0.3 is 6.01 Å². The Kier molecular flexibility index (Phi) is 4.80. The van der Waals surface area contributed by atoms with E-state index in [-0.39, 0.29) is 11.8 Å². The molecule has 0 saturated carbocycles. The molecule has 28 heavy (non-hydrogen) atoms. The zero-order valence-electron chi connectivity index (χ0n) is 15.6. The zero-order chi connectivity index (χ0) is 19.5. The first-order valence-corrected chi connectivity index (χ1v) is 8.94. The highest BCUT2D eigenvalue weighted by atomic mass is 16.5. The van der Waals surface area contributed by atoms with Crippen LogP contribution >= 0.6 is 0 Å². The Morgan fingerprint density at radius 2 is 1.86 bits per heavy atom. The van der Waals surface area contributed by atoms with Gasteiger partial charge in [0.2, 0.25) is 5.89 Å². The van der Waals surface area contributed by atoms with Crippen molar-refractivity contribution in [2.24, 2.45) is 0 Å². The summed E-state index contributed by atoms with van der Waals surface area (Å²) in [6, 6.07) is 15.3. The van der Waals surface area contributed by atoms with Gasteiger partial charge in [-0.3, -0.25) is 10.1 Å². The Labute approximate surface area is 161 Å². The van der Waals surface area contributed by atoms with Crippen LogP contribution in [0.4, 0.5) is 6.01 Å². The average molecular weight is 377 g/mol. The van der Waals surface area contributed by atoms with Crippen LogP contribution in [0, 0.1) is 0 Å². The maximum Gasteiger partial charge on any atom is 0.322 e. The van der Waals surface area contributed by atoms with Crippen molar-refractivity contribution in [2.45, 2.75) is 19.8 Å². The van der Waals surface area contributed by atoms with Gasteiger partial charge in [-0.05, 0) is 29.7 Å². The Morgan fingerprint density at radius 3 is 2.61 bits per heavy atom. The molecule has 2 aromatic carbocycles. The number of rotatable bonds is 6. The summed E-state index contributed by atoms with van der Waals surface area (Å²) < 4.78 is 16.4. The van der Waals surface area contributed by atoms with E-state index in [1.165, 1.54) is 5.56 Å². The molecule has 0 spiro atoms. The molecular weight excluding hydrogens is 358 g/mol. The second-order valence-electron chi connectivity index (χ2n) is 6.29. The molecule has 1 amide bonds. The minimum absolute atomic E-state index is 0.0256. The maximum absolute atomic E-state index is 12.4. The Bertz CT molecular complexity index is 1110. The molecule has 0 aliphatic rings. The summed E-state index contributed by atoms with van der Waals surface area (Å²) in [5, 5.41) is 11.2. The minimum Gasteiger partial charge on any atom is -0.493 e. The van der Waals surface area contributed by atoms with Gasteiger partial charge in [-0.15, -0.1) is 5.10 Å². The van der Waals surface area contributed by atoms with Crippen molar-refractivity contribution >= 4 is 22.9 Å². The molecule has 2 aromatic heterocycles. The highest BCUT2D eigenvalue weighted by Gasteiger charge is 2.17. The smallest absolute Gasteiger partial charge is 0.322 e. The highest BCUT2D eigenvalue weighted by molar-refractivity contribution is 6.04. The number of para-hydroxylation sites is 1. The van der Waals surface area contributed by atoms with Crippen LogP contribution in [0.1, 0.15) is 34.5 Å². The number of hydrogen-bond donors (Lipinski definition) is 1. The number of amides is 1. The number of nitrogens with one attached hydrogen (secondary N) is 1. The first-order chi connectivity index (χ1) is 13.7. The number of furan rings is 1. The van der Waals surface area contributed by atoms with E-state index in [1.54, 1.807) is 19.2 Å². The fourth-order valence-electron chi connectivity index (χ4n) is 2.91. The van der Waals surface area contributed by atoms with Crippen LogP contribution in [-0.4, -0.2) is 23.2 Å². The predicted octanol–water partition coefficient (Wildman–Crippen LogP) is 4.23. The van der Waals surface area contributed by atoms with Crippen LogP contribution in [-0.2, 0) is 12.8 Å². The van der Waals surface area contributed by atoms with Gasteiger partial charge in [-0.25, -0.2) is 0 Å². The van der Waals surface area contributed by atoms with Crippen molar-refractivity contribution in [1.82, 2.24) is 10.2 Å². The normalized spacial score (nSPS) is 10.9. The molecule has 7 nitrogen and oxygen atoms in total. The third kappa shape index (κ3) is 3.59. The molecule has 0 aliphatic carbocycles. The Morgan fingerprint density at radius 1 is 1.07 bits per heavy atom. The molecule has 0 atom stereocenters. The number of methoxy groups -OCH3 is 1. The van der Waals surface area contributed by atoms with Gasteiger partial charge in [-0.2, -0.15) is 0 Å². The lowest BCUT2D eigenvalue weighted by molar-refractivity contribution is 0.0995. The fourth-order valence-corrected chi connectivity index (χ4v) is 2.91. The van der Waals surface area contributed by atoms with E-state index in [1.807, 2.05) is 24.3 Å². The lowest BCUT2D eigenvalue weighted by atomic mass is 10.1. The Hall–Kier alpha value is -3.61. The van der Waals surface area contributed by atoms with E-state index in [2.05, 4.69) is 34.6 Å². The van der Waals surface area contributed by atoms with Gasteiger partial charge in [0.15, 0.2) is 17.1 Å². The number of ether oxygens (including phenoxy) is 1. The summed E-state index contributed by atoms with van der Waals surface area (Å²) >= 11 is 0. The zero-order valence-corrected chi connectivity index (χ0v) is 15.6.